The summed E-state index contributed by atoms with van der Waals surface area (Å²) in [6.45, 7) is 0.847. The third-order valence-electron chi connectivity index (χ3n) is 5.67. The number of fused-ring (bicyclic) bond motifs is 1. The summed E-state index contributed by atoms with van der Waals surface area (Å²) >= 11 is 0. The first-order chi connectivity index (χ1) is 17.3. The third kappa shape index (κ3) is 4.44. The van der Waals surface area contributed by atoms with Crippen molar-refractivity contribution in [2.45, 2.75) is 19.6 Å². The van der Waals surface area contributed by atoms with E-state index in [2.05, 4.69) is 10.1 Å². The molecule has 0 bridgehead atoms. The number of amides is 2. The fourth-order valence-corrected chi connectivity index (χ4v) is 4.07. The zero-order valence-corrected chi connectivity index (χ0v) is 18.8. The van der Waals surface area contributed by atoms with Gasteiger partial charge in [-0.2, -0.15) is 23.5 Å². The quantitative estimate of drug-likeness (QED) is 0.390. The molecule has 0 atom stereocenters. The van der Waals surface area contributed by atoms with E-state index in [4.69, 9.17) is 11.5 Å². The molecule has 0 saturated carbocycles. The van der Waals surface area contributed by atoms with Crippen molar-refractivity contribution < 1.29 is 31.5 Å². The molecule has 37 heavy (non-hydrogen) atoms. The largest absolute Gasteiger partial charge is 0.435 e. The van der Waals surface area contributed by atoms with E-state index in [0.717, 1.165) is 35.0 Å². The Balaban J connectivity index is 2.10. The van der Waals surface area contributed by atoms with Crippen LogP contribution in [-0.4, -0.2) is 26.6 Å². The average Bonchev–Trinajstić information content (AvgIpc) is 3.14. The van der Waals surface area contributed by atoms with Crippen molar-refractivity contribution in [1.29, 1.82) is 5.26 Å². The molecule has 4 aromatic rings. The molecule has 0 aliphatic heterocycles. The highest BCUT2D eigenvalue weighted by atomic mass is 19.4. The smallest absolute Gasteiger partial charge is 0.366 e. The van der Waals surface area contributed by atoms with Gasteiger partial charge in [0.05, 0.1) is 29.3 Å². The van der Waals surface area contributed by atoms with E-state index >= 15 is 0 Å². The summed E-state index contributed by atoms with van der Waals surface area (Å²) in [5.74, 6) is -4.02. The van der Waals surface area contributed by atoms with Gasteiger partial charge in [-0.1, -0.05) is 6.07 Å². The standard InChI is InChI=1S/C24H15F5N6O2/c1-10-17(19-18(22(31)36)15-5-4-14(26)7-16(15)33-20(19)23(32)37)21(24(27,28)29)34-35(10)9-11-2-3-13(25)6-12(11)8-30/h2-7H,9H2,1H3,(H2,31,36)(H2,32,37). The zero-order valence-electron chi connectivity index (χ0n) is 18.8. The maximum Gasteiger partial charge on any atom is 0.435 e. The zero-order chi connectivity index (χ0) is 27.2. The van der Waals surface area contributed by atoms with Gasteiger partial charge >= 0.3 is 6.18 Å². The molecule has 0 aliphatic carbocycles. The molecule has 0 fully saturated rings. The van der Waals surface area contributed by atoms with Crippen LogP contribution in [0.2, 0.25) is 0 Å². The summed E-state index contributed by atoms with van der Waals surface area (Å²) in [7, 11) is 0. The van der Waals surface area contributed by atoms with Crippen LogP contribution in [0.4, 0.5) is 22.0 Å². The van der Waals surface area contributed by atoms with E-state index < -0.39 is 57.7 Å². The Labute approximate surface area is 204 Å². The lowest BCUT2D eigenvalue weighted by molar-refractivity contribution is -0.141. The van der Waals surface area contributed by atoms with Crippen LogP contribution in [0.1, 0.15) is 43.4 Å². The Morgan fingerprint density at radius 2 is 1.68 bits per heavy atom. The number of hydrogen-bond acceptors (Lipinski definition) is 5. The Bertz CT molecular complexity index is 1650. The molecule has 0 spiro atoms. The van der Waals surface area contributed by atoms with Gasteiger partial charge < -0.3 is 11.5 Å². The normalized spacial score (nSPS) is 11.5. The maximum atomic E-state index is 14.2. The first kappa shape index (κ1) is 25.2. The molecule has 2 heterocycles. The molecule has 0 aliphatic rings. The first-order valence-electron chi connectivity index (χ1n) is 10.4. The molecule has 4 rings (SSSR count). The lowest BCUT2D eigenvalue weighted by Gasteiger charge is -2.16. The van der Waals surface area contributed by atoms with E-state index in [1.54, 1.807) is 6.07 Å². The number of primary amides is 2. The van der Waals surface area contributed by atoms with Gasteiger partial charge in [0.15, 0.2) is 5.69 Å². The van der Waals surface area contributed by atoms with Crippen molar-refractivity contribution in [1.82, 2.24) is 14.8 Å². The van der Waals surface area contributed by atoms with Crippen molar-refractivity contribution in [3.05, 3.63) is 81.8 Å². The molecule has 0 radical (unpaired) electrons. The van der Waals surface area contributed by atoms with Gasteiger partial charge in [-0.15, -0.1) is 0 Å². The number of carbonyl (C=O) groups excluding carboxylic acids is 2. The highest BCUT2D eigenvalue weighted by Crippen LogP contribution is 2.42. The molecule has 2 aromatic heterocycles. The lowest BCUT2D eigenvalue weighted by atomic mass is 9.92. The summed E-state index contributed by atoms with van der Waals surface area (Å²) in [5.41, 5.74) is 6.47. The van der Waals surface area contributed by atoms with Crippen LogP contribution in [0.25, 0.3) is 22.0 Å². The average molecular weight is 514 g/mol. The van der Waals surface area contributed by atoms with Crippen LogP contribution in [0.5, 0.6) is 0 Å². The maximum absolute atomic E-state index is 14.2. The fraction of sp³-hybridized carbons (Fsp3) is 0.125. The SMILES string of the molecule is Cc1c(-c2c(C(N)=O)nc3cc(F)ccc3c2C(N)=O)c(C(F)(F)F)nn1Cc1ccc(F)cc1C#N. The Hall–Kier alpha value is -4.86. The van der Waals surface area contributed by atoms with Crippen molar-refractivity contribution in [2.75, 3.05) is 0 Å². The van der Waals surface area contributed by atoms with Gasteiger partial charge in [0.25, 0.3) is 5.91 Å². The number of rotatable bonds is 5. The number of nitrogens with two attached hydrogens (primary N) is 2. The summed E-state index contributed by atoms with van der Waals surface area (Å²) in [6.07, 6.45) is -5.09. The number of halogens is 5. The monoisotopic (exact) mass is 514 g/mol. The second-order valence-electron chi connectivity index (χ2n) is 7.98. The predicted octanol–water partition coefficient (Wildman–Crippen LogP) is 3.82. The second-order valence-corrected chi connectivity index (χ2v) is 7.98. The summed E-state index contributed by atoms with van der Waals surface area (Å²) in [4.78, 5) is 28.8. The van der Waals surface area contributed by atoms with Crippen LogP contribution >= 0.6 is 0 Å². The van der Waals surface area contributed by atoms with Crippen LogP contribution in [-0.2, 0) is 12.7 Å². The Morgan fingerprint density at radius 3 is 2.27 bits per heavy atom. The predicted molar refractivity (Wildman–Crippen MR) is 120 cm³/mol. The van der Waals surface area contributed by atoms with Crippen molar-refractivity contribution >= 4 is 22.7 Å². The molecule has 13 heteroatoms. The van der Waals surface area contributed by atoms with Crippen molar-refractivity contribution in [3.63, 3.8) is 0 Å². The molecule has 2 aromatic carbocycles. The summed E-state index contributed by atoms with van der Waals surface area (Å²) in [6, 6.07) is 7.85. The molecule has 0 unspecified atom stereocenters. The molecule has 8 nitrogen and oxygen atoms in total. The number of benzene rings is 2. The fourth-order valence-electron chi connectivity index (χ4n) is 4.07. The highest BCUT2D eigenvalue weighted by molar-refractivity contribution is 6.15. The number of nitriles is 1. The first-order valence-corrected chi connectivity index (χ1v) is 10.4. The van der Waals surface area contributed by atoms with Gasteiger partial charge in [0, 0.05) is 28.3 Å². The van der Waals surface area contributed by atoms with E-state index in [1.807, 2.05) is 0 Å². The molecular weight excluding hydrogens is 499 g/mol. The number of carbonyl (C=O) groups is 2. The minimum atomic E-state index is -5.09. The van der Waals surface area contributed by atoms with Crippen LogP contribution in [0.15, 0.2) is 36.4 Å². The topological polar surface area (TPSA) is 141 Å². The number of aromatic nitrogens is 3. The molecule has 188 valence electrons. The van der Waals surface area contributed by atoms with Crippen LogP contribution in [0.3, 0.4) is 0 Å². The molecule has 2 amide bonds. The van der Waals surface area contributed by atoms with Gasteiger partial charge in [0.2, 0.25) is 5.91 Å². The van der Waals surface area contributed by atoms with E-state index in [-0.39, 0.29) is 34.3 Å². The molecular formula is C24H15F5N6O2. The summed E-state index contributed by atoms with van der Waals surface area (Å²) in [5, 5.41) is 12.8. The van der Waals surface area contributed by atoms with Crippen molar-refractivity contribution in [3.8, 4) is 17.2 Å². The second kappa shape index (κ2) is 8.98. The number of nitrogens with zero attached hydrogens (tertiary/aromatic N) is 4. The van der Waals surface area contributed by atoms with Crippen LogP contribution in [0, 0.1) is 29.9 Å². The lowest BCUT2D eigenvalue weighted by Crippen LogP contribution is -2.21. The van der Waals surface area contributed by atoms with E-state index in [1.165, 1.54) is 13.0 Å². The minimum Gasteiger partial charge on any atom is -0.366 e. The number of pyridine rings is 1. The van der Waals surface area contributed by atoms with E-state index in [0.29, 0.717) is 0 Å². The Morgan fingerprint density at radius 1 is 1.03 bits per heavy atom. The Kier molecular flexibility index (Phi) is 6.12. The van der Waals surface area contributed by atoms with Gasteiger partial charge in [-0.05, 0) is 36.8 Å². The van der Waals surface area contributed by atoms with E-state index in [9.17, 15) is 36.8 Å². The number of hydrogen-bond donors (Lipinski definition) is 2. The minimum absolute atomic E-state index is 0.112. The molecule has 4 N–H and O–H groups in total. The van der Waals surface area contributed by atoms with Gasteiger partial charge in [0.1, 0.15) is 17.3 Å². The van der Waals surface area contributed by atoms with Crippen LogP contribution < -0.4 is 11.5 Å². The highest BCUT2D eigenvalue weighted by Gasteiger charge is 2.41. The van der Waals surface area contributed by atoms with Gasteiger partial charge in [-0.3, -0.25) is 14.3 Å². The summed E-state index contributed by atoms with van der Waals surface area (Å²) < 4.78 is 70.9. The number of alkyl halides is 3. The van der Waals surface area contributed by atoms with Crippen molar-refractivity contribution in [2.24, 2.45) is 11.5 Å². The third-order valence-corrected chi connectivity index (χ3v) is 5.67. The molecule has 0 saturated heterocycles. The van der Waals surface area contributed by atoms with Gasteiger partial charge in [-0.25, -0.2) is 13.8 Å².